The zero-order valence-electron chi connectivity index (χ0n) is 7.93. The van der Waals surface area contributed by atoms with E-state index in [0.29, 0.717) is 0 Å². The molecule has 0 atom stereocenters. The molecule has 1 aliphatic rings. The van der Waals surface area contributed by atoms with Crippen molar-refractivity contribution in [3.63, 3.8) is 0 Å². The van der Waals surface area contributed by atoms with Crippen LogP contribution in [0.1, 0.15) is 22.2 Å². The Labute approximate surface area is 87.9 Å². The van der Waals surface area contributed by atoms with Gasteiger partial charge in [-0.2, -0.15) is 11.8 Å². The number of aryl methyl sites for hydroxylation is 1. The molecular weight excluding hydrogens is 198 g/mol. The maximum absolute atomic E-state index is 3.38. The lowest BCUT2D eigenvalue weighted by Crippen LogP contribution is -2.10. The molecule has 0 amide bonds. The highest BCUT2D eigenvalue weighted by Gasteiger charge is 2.12. The fourth-order valence-electron chi connectivity index (χ4n) is 1.54. The van der Waals surface area contributed by atoms with Crippen molar-refractivity contribution >= 4 is 23.1 Å². The predicted octanol–water partition coefficient (Wildman–Crippen LogP) is 2.65. The first-order valence-corrected chi connectivity index (χ1v) is 6.76. The summed E-state index contributed by atoms with van der Waals surface area (Å²) in [5, 5.41) is 3.38. The minimum Gasteiger partial charge on any atom is -0.312 e. The number of thiophene rings is 1. The molecule has 0 saturated carbocycles. The van der Waals surface area contributed by atoms with Gasteiger partial charge >= 0.3 is 0 Å². The van der Waals surface area contributed by atoms with E-state index in [9.17, 15) is 0 Å². The summed E-state index contributed by atoms with van der Waals surface area (Å²) in [7, 11) is 0. The molecule has 0 spiro atoms. The maximum atomic E-state index is 3.38. The third-order valence-electron chi connectivity index (χ3n) is 2.23. The highest BCUT2D eigenvalue weighted by atomic mass is 32.2. The van der Waals surface area contributed by atoms with E-state index in [0.717, 1.165) is 13.1 Å². The number of rotatable bonds is 3. The molecule has 0 bridgehead atoms. The van der Waals surface area contributed by atoms with E-state index in [1.807, 2.05) is 11.3 Å². The van der Waals surface area contributed by atoms with Gasteiger partial charge in [0, 0.05) is 22.1 Å². The molecular formula is C10H15NS2. The second kappa shape index (κ2) is 4.49. The normalized spacial score (nSPS) is 15.8. The molecule has 72 valence electrons. The number of hydrogen-bond acceptors (Lipinski definition) is 3. The van der Waals surface area contributed by atoms with Crippen LogP contribution in [0.15, 0.2) is 6.07 Å². The standard InChI is InChI=1S/C10H15NS2/c1-2-11-6-9-5-8-7-12-4-3-10(8)13-9/h5,11H,2-4,6-7H2,1H3. The van der Waals surface area contributed by atoms with Crippen molar-refractivity contribution in [2.24, 2.45) is 0 Å². The minimum atomic E-state index is 1.05. The van der Waals surface area contributed by atoms with Crippen LogP contribution in [0.5, 0.6) is 0 Å². The largest absolute Gasteiger partial charge is 0.312 e. The van der Waals surface area contributed by atoms with Gasteiger partial charge in [-0.3, -0.25) is 0 Å². The number of thioether (sulfide) groups is 1. The predicted molar refractivity (Wildman–Crippen MR) is 61.6 cm³/mol. The summed E-state index contributed by atoms with van der Waals surface area (Å²) in [5.41, 5.74) is 1.59. The Morgan fingerprint density at radius 1 is 1.54 bits per heavy atom. The van der Waals surface area contributed by atoms with Gasteiger partial charge < -0.3 is 5.32 Å². The smallest absolute Gasteiger partial charge is 0.0299 e. The van der Waals surface area contributed by atoms with Crippen molar-refractivity contribution in [3.8, 4) is 0 Å². The molecule has 1 aliphatic heterocycles. The molecule has 1 aromatic heterocycles. The lowest BCUT2D eigenvalue weighted by atomic mass is 10.2. The lowest BCUT2D eigenvalue weighted by molar-refractivity contribution is 0.735. The van der Waals surface area contributed by atoms with Crippen LogP contribution in [-0.2, 0) is 18.7 Å². The zero-order chi connectivity index (χ0) is 9.10. The van der Waals surface area contributed by atoms with Crippen LogP contribution in [-0.4, -0.2) is 12.3 Å². The summed E-state index contributed by atoms with van der Waals surface area (Å²) in [6.45, 7) is 4.28. The number of fused-ring (bicyclic) bond motifs is 1. The van der Waals surface area contributed by atoms with Gasteiger partial charge in [-0.25, -0.2) is 0 Å². The van der Waals surface area contributed by atoms with Gasteiger partial charge in [-0.15, -0.1) is 11.3 Å². The third kappa shape index (κ3) is 2.27. The molecule has 2 rings (SSSR count). The fourth-order valence-corrected chi connectivity index (χ4v) is 3.89. The van der Waals surface area contributed by atoms with Gasteiger partial charge in [0.15, 0.2) is 0 Å². The Bertz CT molecular complexity index is 257. The lowest BCUT2D eigenvalue weighted by Gasteiger charge is -2.08. The first-order chi connectivity index (χ1) is 6.40. The molecule has 0 radical (unpaired) electrons. The Morgan fingerprint density at radius 2 is 2.46 bits per heavy atom. The first kappa shape index (κ1) is 9.56. The van der Waals surface area contributed by atoms with E-state index >= 15 is 0 Å². The summed E-state index contributed by atoms with van der Waals surface area (Å²) >= 11 is 4.06. The van der Waals surface area contributed by atoms with Crippen LogP contribution in [0.4, 0.5) is 0 Å². The number of hydrogen-bond donors (Lipinski definition) is 1. The summed E-state index contributed by atoms with van der Waals surface area (Å²) < 4.78 is 0. The highest BCUT2D eigenvalue weighted by molar-refractivity contribution is 7.98. The number of nitrogens with one attached hydrogen (secondary N) is 1. The van der Waals surface area contributed by atoms with E-state index in [1.54, 1.807) is 10.4 Å². The second-order valence-electron chi connectivity index (χ2n) is 3.24. The molecule has 0 unspecified atom stereocenters. The molecule has 0 aliphatic carbocycles. The molecule has 1 nitrogen and oxygen atoms in total. The van der Waals surface area contributed by atoms with Crippen molar-refractivity contribution in [1.29, 1.82) is 0 Å². The van der Waals surface area contributed by atoms with Gasteiger partial charge in [-0.05, 0) is 30.3 Å². The molecule has 0 aromatic carbocycles. The third-order valence-corrected chi connectivity index (χ3v) is 4.47. The van der Waals surface area contributed by atoms with Crippen molar-refractivity contribution in [2.75, 3.05) is 12.3 Å². The molecule has 2 heterocycles. The Morgan fingerprint density at radius 3 is 3.23 bits per heavy atom. The topological polar surface area (TPSA) is 12.0 Å². The van der Waals surface area contributed by atoms with Crippen LogP contribution in [0, 0.1) is 0 Å². The van der Waals surface area contributed by atoms with Gasteiger partial charge in [0.2, 0.25) is 0 Å². The van der Waals surface area contributed by atoms with E-state index < -0.39 is 0 Å². The Hall–Kier alpha value is 0.01000. The molecule has 3 heteroatoms. The quantitative estimate of drug-likeness (QED) is 0.828. The van der Waals surface area contributed by atoms with Crippen molar-refractivity contribution in [1.82, 2.24) is 5.32 Å². The van der Waals surface area contributed by atoms with Gasteiger partial charge in [-0.1, -0.05) is 6.92 Å². The van der Waals surface area contributed by atoms with Crippen molar-refractivity contribution in [3.05, 3.63) is 21.4 Å². The average Bonchev–Trinajstić information content (AvgIpc) is 2.57. The van der Waals surface area contributed by atoms with Crippen molar-refractivity contribution < 1.29 is 0 Å². The van der Waals surface area contributed by atoms with E-state index in [-0.39, 0.29) is 0 Å². The van der Waals surface area contributed by atoms with Gasteiger partial charge in [0.1, 0.15) is 0 Å². The summed E-state index contributed by atoms with van der Waals surface area (Å²) in [5.74, 6) is 2.55. The van der Waals surface area contributed by atoms with E-state index in [4.69, 9.17) is 0 Å². The van der Waals surface area contributed by atoms with Crippen LogP contribution in [0.3, 0.4) is 0 Å². The fraction of sp³-hybridized carbons (Fsp3) is 0.600. The van der Waals surface area contributed by atoms with Crippen LogP contribution < -0.4 is 5.32 Å². The summed E-state index contributed by atoms with van der Waals surface area (Å²) in [6, 6.07) is 2.38. The minimum absolute atomic E-state index is 1.05. The Kier molecular flexibility index (Phi) is 3.30. The Balaban J connectivity index is 2.07. The molecule has 1 aromatic rings. The monoisotopic (exact) mass is 213 g/mol. The zero-order valence-corrected chi connectivity index (χ0v) is 9.56. The summed E-state index contributed by atoms with van der Waals surface area (Å²) in [4.78, 5) is 3.14. The average molecular weight is 213 g/mol. The molecule has 13 heavy (non-hydrogen) atoms. The van der Waals surface area contributed by atoms with E-state index in [2.05, 4.69) is 30.1 Å². The molecule has 0 fully saturated rings. The maximum Gasteiger partial charge on any atom is 0.0299 e. The highest BCUT2D eigenvalue weighted by Crippen LogP contribution is 2.31. The second-order valence-corrected chi connectivity index (χ2v) is 5.57. The van der Waals surface area contributed by atoms with Crippen LogP contribution >= 0.6 is 23.1 Å². The van der Waals surface area contributed by atoms with Crippen LogP contribution in [0.25, 0.3) is 0 Å². The summed E-state index contributed by atoms with van der Waals surface area (Å²) in [6.07, 6.45) is 1.29. The van der Waals surface area contributed by atoms with Gasteiger partial charge in [0.25, 0.3) is 0 Å². The molecule has 0 saturated heterocycles. The van der Waals surface area contributed by atoms with E-state index in [1.165, 1.54) is 22.8 Å². The van der Waals surface area contributed by atoms with Crippen molar-refractivity contribution in [2.45, 2.75) is 25.6 Å². The van der Waals surface area contributed by atoms with Crippen LogP contribution in [0.2, 0.25) is 0 Å². The first-order valence-electron chi connectivity index (χ1n) is 4.79. The SMILES string of the molecule is CCNCc1cc2c(s1)CCSC2. The van der Waals surface area contributed by atoms with Gasteiger partial charge in [0.05, 0.1) is 0 Å². The molecule has 1 N–H and O–H groups in total.